The van der Waals surface area contributed by atoms with Gasteiger partial charge in [0, 0.05) is 37.5 Å². The average molecular weight is 395 g/mol. The molecule has 1 aromatic carbocycles. The smallest absolute Gasteiger partial charge is 0.227 e. The molecule has 0 bridgehead atoms. The SMILES string of the molecule is CCCN(C(=O)CCc1nc(-c2ccc(OC)cc2)no1)C1CCNC1.Cl. The Morgan fingerprint density at radius 1 is 1.37 bits per heavy atom. The summed E-state index contributed by atoms with van der Waals surface area (Å²) in [6, 6.07) is 7.78. The predicted octanol–water partition coefficient (Wildman–Crippen LogP) is 2.70. The van der Waals surface area contributed by atoms with Crippen molar-refractivity contribution in [1.82, 2.24) is 20.4 Å². The Morgan fingerprint density at radius 3 is 2.78 bits per heavy atom. The Balaban J connectivity index is 0.00000261. The summed E-state index contributed by atoms with van der Waals surface area (Å²) in [7, 11) is 1.63. The monoisotopic (exact) mass is 394 g/mol. The van der Waals surface area contributed by atoms with Gasteiger partial charge in [0.05, 0.1) is 7.11 Å². The summed E-state index contributed by atoms with van der Waals surface area (Å²) in [5.74, 6) is 1.95. The maximum absolute atomic E-state index is 12.6. The minimum atomic E-state index is 0. The van der Waals surface area contributed by atoms with Crippen LogP contribution in [0.4, 0.5) is 0 Å². The number of nitrogens with one attached hydrogen (secondary N) is 1. The molecule has 0 aliphatic carbocycles. The van der Waals surface area contributed by atoms with Crippen LogP contribution in [0.2, 0.25) is 0 Å². The van der Waals surface area contributed by atoms with Gasteiger partial charge in [0.15, 0.2) is 0 Å². The van der Waals surface area contributed by atoms with E-state index in [2.05, 4.69) is 22.4 Å². The van der Waals surface area contributed by atoms with E-state index >= 15 is 0 Å². The van der Waals surface area contributed by atoms with E-state index in [0.717, 1.165) is 43.8 Å². The molecule has 2 heterocycles. The van der Waals surface area contributed by atoms with Crippen LogP contribution in [0.1, 0.15) is 32.1 Å². The third kappa shape index (κ3) is 5.43. The molecule has 0 radical (unpaired) electrons. The van der Waals surface area contributed by atoms with E-state index in [4.69, 9.17) is 9.26 Å². The van der Waals surface area contributed by atoms with Crippen LogP contribution in [0.25, 0.3) is 11.4 Å². The van der Waals surface area contributed by atoms with Gasteiger partial charge in [0.1, 0.15) is 5.75 Å². The van der Waals surface area contributed by atoms with E-state index in [-0.39, 0.29) is 18.3 Å². The number of carbonyl (C=O) groups is 1. The largest absolute Gasteiger partial charge is 0.497 e. The summed E-state index contributed by atoms with van der Waals surface area (Å²) in [5.41, 5.74) is 0.858. The van der Waals surface area contributed by atoms with E-state index in [9.17, 15) is 4.79 Å². The molecule has 1 saturated heterocycles. The predicted molar refractivity (Wildman–Crippen MR) is 105 cm³/mol. The van der Waals surface area contributed by atoms with Crippen LogP contribution in [-0.4, -0.2) is 53.7 Å². The van der Waals surface area contributed by atoms with Gasteiger partial charge in [-0.1, -0.05) is 12.1 Å². The minimum absolute atomic E-state index is 0. The highest BCUT2D eigenvalue weighted by Crippen LogP contribution is 2.20. The first-order valence-corrected chi connectivity index (χ1v) is 9.18. The zero-order chi connectivity index (χ0) is 18.4. The fourth-order valence-electron chi connectivity index (χ4n) is 3.23. The van der Waals surface area contributed by atoms with Crippen molar-refractivity contribution in [3.8, 4) is 17.1 Å². The van der Waals surface area contributed by atoms with Crippen molar-refractivity contribution in [2.24, 2.45) is 0 Å². The molecular weight excluding hydrogens is 368 g/mol. The van der Waals surface area contributed by atoms with Gasteiger partial charge >= 0.3 is 0 Å². The van der Waals surface area contributed by atoms with Crippen molar-refractivity contribution in [3.63, 3.8) is 0 Å². The van der Waals surface area contributed by atoms with Gasteiger partial charge in [-0.25, -0.2) is 0 Å². The number of amides is 1. The molecule has 1 aromatic heterocycles. The Kier molecular flexibility index (Phi) is 8.06. The lowest BCUT2D eigenvalue weighted by atomic mass is 10.1. The zero-order valence-electron chi connectivity index (χ0n) is 15.8. The molecule has 27 heavy (non-hydrogen) atoms. The molecule has 1 N–H and O–H groups in total. The number of rotatable bonds is 8. The van der Waals surface area contributed by atoms with Crippen LogP contribution in [-0.2, 0) is 11.2 Å². The van der Waals surface area contributed by atoms with E-state index in [1.807, 2.05) is 29.2 Å². The second-order valence-corrected chi connectivity index (χ2v) is 6.47. The van der Waals surface area contributed by atoms with Crippen molar-refractivity contribution in [2.75, 3.05) is 26.7 Å². The number of methoxy groups -OCH3 is 1. The molecule has 1 unspecified atom stereocenters. The summed E-state index contributed by atoms with van der Waals surface area (Å²) in [6.45, 7) is 4.76. The van der Waals surface area contributed by atoms with E-state index < -0.39 is 0 Å². The summed E-state index contributed by atoms with van der Waals surface area (Å²) in [6.07, 6.45) is 2.83. The van der Waals surface area contributed by atoms with Crippen LogP contribution >= 0.6 is 12.4 Å². The summed E-state index contributed by atoms with van der Waals surface area (Å²) in [5, 5.41) is 7.34. The van der Waals surface area contributed by atoms with Gasteiger partial charge in [-0.15, -0.1) is 12.4 Å². The molecule has 3 rings (SSSR count). The number of ether oxygens (including phenoxy) is 1. The number of aromatic nitrogens is 2. The van der Waals surface area contributed by atoms with Crippen LogP contribution in [0.15, 0.2) is 28.8 Å². The van der Waals surface area contributed by atoms with Gasteiger partial charge in [-0.05, 0) is 43.7 Å². The molecule has 1 amide bonds. The number of hydrogen-bond acceptors (Lipinski definition) is 6. The number of nitrogens with zero attached hydrogens (tertiary/aromatic N) is 3. The fourth-order valence-corrected chi connectivity index (χ4v) is 3.23. The van der Waals surface area contributed by atoms with E-state index in [0.29, 0.717) is 30.6 Å². The summed E-state index contributed by atoms with van der Waals surface area (Å²) < 4.78 is 10.5. The fraction of sp³-hybridized carbons (Fsp3) is 0.526. The standard InChI is InChI=1S/C19H26N4O3.ClH/c1-3-12-23(15-10-11-20-13-15)18(24)9-8-17-21-19(22-26-17)14-4-6-16(25-2)7-5-14;/h4-7,15,20H,3,8-13H2,1-2H3;1H. The number of hydrogen-bond donors (Lipinski definition) is 1. The van der Waals surface area contributed by atoms with Crippen molar-refractivity contribution < 1.29 is 14.1 Å². The maximum atomic E-state index is 12.6. The highest BCUT2D eigenvalue weighted by molar-refractivity contribution is 5.85. The second kappa shape index (κ2) is 10.3. The molecule has 1 atom stereocenters. The molecule has 148 valence electrons. The lowest BCUT2D eigenvalue weighted by molar-refractivity contribution is -0.133. The quantitative estimate of drug-likeness (QED) is 0.741. The normalized spacial score (nSPS) is 16.0. The Hall–Kier alpha value is -2.12. The van der Waals surface area contributed by atoms with Gasteiger partial charge < -0.3 is 19.5 Å². The summed E-state index contributed by atoms with van der Waals surface area (Å²) in [4.78, 5) is 19.0. The molecule has 2 aromatic rings. The van der Waals surface area contributed by atoms with Gasteiger partial charge in [-0.3, -0.25) is 4.79 Å². The number of benzene rings is 1. The molecule has 8 heteroatoms. The van der Waals surface area contributed by atoms with Crippen LogP contribution < -0.4 is 10.1 Å². The molecule has 1 fully saturated rings. The molecule has 1 aliphatic rings. The molecule has 7 nitrogen and oxygen atoms in total. The highest BCUT2D eigenvalue weighted by Gasteiger charge is 2.25. The average Bonchev–Trinajstić information content (AvgIpc) is 3.36. The third-order valence-electron chi connectivity index (χ3n) is 4.63. The molecule has 1 aliphatic heterocycles. The highest BCUT2D eigenvalue weighted by atomic mass is 35.5. The maximum Gasteiger partial charge on any atom is 0.227 e. The number of halogens is 1. The van der Waals surface area contributed by atoms with Crippen LogP contribution in [0.3, 0.4) is 0 Å². The lowest BCUT2D eigenvalue weighted by Crippen LogP contribution is -2.42. The topological polar surface area (TPSA) is 80.5 Å². The van der Waals surface area contributed by atoms with Gasteiger partial charge in [0.2, 0.25) is 17.6 Å². The molecular formula is C19H27ClN4O3. The first kappa shape index (κ1) is 21.2. The molecule has 0 spiro atoms. The Morgan fingerprint density at radius 2 is 2.15 bits per heavy atom. The van der Waals surface area contributed by atoms with Gasteiger partial charge in [-0.2, -0.15) is 4.98 Å². The second-order valence-electron chi connectivity index (χ2n) is 6.47. The van der Waals surface area contributed by atoms with Crippen molar-refractivity contribution >= 4 is 18.3 Å². The van der Waals surface area contributed by atoms with Crippen LogP contribution in [0.5, 0.6) is 5.75 Å². The Bertz CT molecular complexity index is 714. The first-order chi connectivity index (χ1) is 12.7. The Labute approximate surface area is 165 Å². The number of carbonyl (C=O) groups excluding carboxylic acids is 1. The van der Waals surface area contributed by atoms with Crippen molar-refractivity contribution in [3.05, 3.63) is 30.2 Å². The van der Waals surface area contributed by atoms with E-state index in [1.54, 1.807) is 7.11 Å². The van der Waals surface area contributed by atoms with Crippen molar-refractivity contribution in [1.29, 1.82) is 0 Å². The number of aryl methyl sites for hydroxylation is 1. The molecule has 0 saturated carbocycles. The third-order valence-corrected chi connectivity index (χ3v) is 4.63. The zero-order valence-corrected chi connectivity index (χ0v) is 16.6. The van der Waals surface area contributed by atoms with Gasteiger partial charge in [0.25, 0.3) is 0 Å². The summed E-state index contributed by atoms with van der Waals surface area (Å²) >= 11 is 0. The lowest BCUT2D eigenvalue weighted by Gasteiger charge is -2.28. The van der Waals surface area contributed by atoms with Crippen molar-refractivity contribution in [2.45, 2.75) is 38.6 Å². The first-order valence-electron chi connectivity index (χ1n) is 9.18. The van der Waals surface area contributed by atoms with E-state index in [1.165, 1.54) is 0 Å². The minimum Gasteiger partial charge on any atom is -0.497 e. The van der Waals surface area contributed by atoms with Crippen LogP contribution in [0, 0.1) is 0 Å².